The van der Waals surface area contributed by atoms with Crippen molar-refractivity contribution in [2.24, 2.45) is 0 Å². The van der Waals surface area contributed by atoms with Crippen LogP contribution in [-0.2, 0) is 4.84 Å². The molecule has 0 bridgehead atoms. The molecule has 1 amide bonds. The van der Waals surface area contributed by atoms with Crippen LogP contribution in [0.5, 0.6) is 11.5 Å². The van der Waals surface area contributed by atoms with E-state index in [1.807, 2.05) is 49.4 Å². The second kappa shape index (κ2) is 6.90. The molecule has 1 saturated heterocycles. The van der Waals surface area contributed by atoms with Gasteiger partial charge < -0.3 is 14.3 Å². The molecule has 3 aromatic carbocycles. The van der Waals surface area contributed by atoms with Crippen molar-refractivity contribution in [1.29, 1.82) is 0 Å². The molecule has 0 saturated carbocycles. The van der Waals surface area contributed by atoms with Crippen LogP contribution in [0.1, 0.15) is 17.3 Å². The summed E-state index contributed by atoms with van der Waals surface area (Å²) in [5.41, 5.74) is 3.39. The molecular weight excluding hydrogens is 392 g/mol. The zero-order valence-corrected chi connectivity index (χ0v) is 16.3. The van der Waals surface area contributed by atoms with E-state index in [-0.39, 0.29) is 6.79 Å². The number of rotatable bonds is 3. The highest BCUT2D eigenvalue weighted by Crippen LogP contribution is 2.43. The maximum absolute atomic E-state index is 12.9. The van der Waals surface area contributed by atoms with E-state index in [0.717, 1.165) is 16.8 Å². The third-order valence-electron chi connectivity index (χ3n) is 4.93. The van der Waals surface area contributed by atoms with Crippen LogP contribution in [0.25, 0.3) is 0 Å². The summed E-state index contributed by atoms with van der Waals surface area (Å²) in [5, 5.41) is 2.20. The number of ether oxygens (including phenoxy) is 2. The number of carbonyl (C=O) groups excluding carboxylic acids is 1. The fraction of sp³-hybridized carbons (Fsp3) is 0.136. The molecule has 1 unspecified atom stereocenters. The standard InChI is InChI=1S/C22H17ClN2O4/c1-14-2-7-18(8-3-14)25-21(15-4-11-19-20(12-15)28-13-27-19)24(22(26)29-25)17-9-5-16(23)6-10-17/h2-12,21H,13H2,1H3. The van der Waals surface area contributed by atoms with E-state index < -0.39 is 12.3 Å². The quantitative estimate of drug-likeness (QED) is 0.576. The van der Waals surface area contributed by atoms with Crippen LogP contribution < -0.4 is 19.4 Å². The number of amides is 1. The Labute approximate surface area is 172 Å². The summed E-state index contributed by atoms with van der Waals surface area (Å²) in [6, 6.07) is 20.5. The van der Waals surface area contributed by atoms with Gasteiger partial charge in [-0.25, -0.2) is 9.69 Å². The maximum atomic E-state index is 12.9. The molecule has 0 spiro atoms. The summed E-state index contributed by atoms with van der Waals surface area (Å²) in [4.78, 5) is 20.2. The zero-order chi connectivity index (χ0) is 20.0. The van der Waals surface area contributed by atoms with Crippen LogP contribution in [0.3, 0.4) is 0 Å². The van der Waals surface area contributed by atoms with Crippen molar-refractivity contribution in [3.63, 3.8) is 0 Å². The van der Waals surface area contributed by atoms with E-state index in [9.17, 15) is 4.79 Å². The number of hydrogen-bond acceptors (Lipinski definition) is 5. The number of fused-ring (bicyclic) bond motifs is 1. The molecule has 2 heterocycles. The lowest BCUT2D eigenvalue weighted by Gasteiger charge is -2.27. The van der Waals surface area contributed by atoms with Gasteiger partial charge in [-0.15, -0.1) is 0 Å². The average Bonchev–Trinajstić information content (AvgIpc) is 3.33. The van der Waals surface area contributed by atoms with E-state index in [4.69, 9.17) is 25.9 Å². The molecule has 5 rings (SSSR count). The normalized spacial score (nSPS) is 17.6. The van der Waals surface area contributed by atoms with Crippen molar-refractivity contribution in [3.05, 3.63) is 82.9 Å². The van der Waals surface area contributed by atoms with Gasteiger partial charge in [-0.2, -0.15) is 5.06 Å². The highest BCUT2D eigenvalue weighted by atomic mass is 35.5. The Kier molecular flexibility index (Phi) is 4.21. The Balaban J connectivity index is 1.62. The summed E-state index contributed by atoms with van der Waals surface area (Å²) in [6.45, 7) is 2.19. The predicted molar refractivity (Wildman–Crippen MR) is 109 cm³/mol. The molecule has 3 aromatic rings. The smallest absolute Gasteiger partial charge is 0.440 e. The van der Waals surface area contributed by atoms with Crippen molar-refractivity contribution < 1.29 is 19.1 Å². The van der Waals surface area contributed by atoms with Crippen molar-refractivity contribution in [2.75, 3.05) is 16.8 Å². The molecule has 1 fully saturated rings. The molecule has 6 nitrogen and oxygen atoms in total. The Hall–Kier alpha value is -3.38. The van der Waals surface area contributed by atoms with Crippen molar-refractivity contribution in [1.82, 2.24) is 0 Å². The van der Waals surface area contributed by atoms with Crippen LogP contribution in [0.4, 0.5) is 16.2 Å². The fourth-order valence-corrected chi connectivity index (χ4v) is 3.60. The van der Waals surface area contributed by atoms with Gasteiger partial charge in [0, 0.05) is 16.3 Å². The Morgan fingerprint density at radius 1 is 0.897 bits per heavy atom. The lowest BCUT2D eigenvalue weighted by molar-refractivity contribution is 0.164. The SMILES string of the molecule is Cc1ccc(N2OC(=O)N(c3ccc(Cl)cc3)C2c2ccc3c(c2)OCO3)cc1. The molecule has 0 aromatic heterocycles. The minimum atomic E-state index is -0.527. The van der Waals surface area contributed by atoms with Crippen LogP contribution in [0.2, 0.25) is 5.02 Å². The highest BCUT2D eigenvalue weighted by Gasteiger charge is 2.43. The minimum Gasteiger partial charge on any atom is -0.454 e. The minimum absolute atomic E-state index is 0.182. The van der Waals surface area contributed by atoms with E-state index >= 15 is 0 Å². The molecule has 1 atom stereocenters. The Morgan fingerprint density at radius 2 is 1.59 bits per heavy atom. The summed E-state index contributed by atoms with van der Waals surface area (Å²) in [6.07, 6.45) is -1.00. The molecule has 0 aliphatic carbocycles. The molecular formula is C22H17ClN2O4. The number of anilines is 2. The first-order valence-corrected chi connectivity index (χ1v) is 9.50. The Bertz CT molecular complexity index is 1070. The molecule has 2 aliphatic heterocycles. The highest BCUT2D eigenvalue weighted by molar-refractivity contribution is 6.30. The second-order valence-corrected chi connectivity index (χ2v) is 7.29. The molecule has 7 heteroatoms. The van der Waals surface area contributed by atoms with Gasteiger partial charge in [-0.1, -0.05) is 35.4 Å². The first kappa shape index (κ1) is 17.7. The van der Waals surface area contributed by atoms with Gasteiger partial charge in [0.05, 0.1) is 5.69 Å². The van der Waals surface area contributed by atoms with E-state index in [0.29, 0.717) is 22.2 Å². The van der Waals surface area contributed by atoms with Gasteiger partial charge in [0.15, 0.2) is 17.7 Å². The number of aryl methyl sites for hydroxylation is 1. The zero-order valence-electron chi connectivity index (χ0n) is 15.5. The summed E-state index contributed by atoms with van der Waals surface area (Å²) < 4.78 is 11.0. The first-order chi connectivity index (χ1) is 14.1. The van der Waals surface area contributed by atoms with Gasteiger partial charge in [-0.3, -0.25) is 0 Å². The van der Waals surface area contributed by atoms with Crippen molar-refractivity contribution in [3.8, 4) is 11.5 Å². The van der Waals surface area contributed by atoms with E-state index in [1.165, 1.54) is 0 Å². The van der Waals surface area contributed by atoms with Crippen LogP contribution in [-0.4, -0.2) is 12.9 Å². The molecule has 146 valence electrons. The van der Waals surface area contributed by atoms with Gasteiger partial charge >= 0.3 is 6.09 Å². The van der Waals surface area contributed by atoms with Gasteiger partial charge in [0.25, 0.3) is 0 Å². The Morgan fingerprint density at radius 3 is 2.34 bits per heavy atom. The lowest BCUT2D eigenvalue weighted by Crippen LogP contribution is -2.31. The monoisotopic (exact) mass is 408 g/mol. The van der Waals surface area contributed by atoms with E-state index in [2.05, 4.69) is 0 Å². The number of carbonyl (C=O) groups is 1. The van der Waals surface area contributed by atoms with Crippen molar-refractivity contribution >= 4 is 29.1 Å². The first-order valence-electron chi connectivity index (χ1n) is 9.12. The van der Waals surface area contributed by atoms with Crippen molar-refractivity contribution in [2.45, 2.75) is 13.1 Å². The third-order valence-corrected chi connectivity index (χ3v) is 5.18. The van der Waals surface area contributed by atoms with Crippen LogP contribution in [0.15, 0.2) is 66.7 Å². The average molecular weight is 409 g/mol. The lowest BCUT2D eigenvalue weighted by atomic mass is 10.1. The van der Waals surface area contributed by atoms with E-state index in [1.54, 1.807) is 34.2 Å². The topological polar surface area (TPSA) is 51.2 Å². The van der Waals surface area contributed by atoms with Crippen LogP contribution in [0, 0.1) is 6.92 Å². The third kappa shape index (κ3) is 3.11. The second-order valence-electron chi connectivity index (χ2n) is 6.85. The van der Waals surface area contributed by atoms with Crippen LogP contribution >= 0.6 is 11.6 Å². The van der Waals surface area contributed by atoms with Gasteiger partial charge in [0.2, 0.25) is 6.79 Å². The summed E-state index contributed by atoms with van der Waals surface area (Å²) >= 11 is 6.04. The molecule has 0 N–H and O–H groups in total. The molecule has 0 radical (unpaired) electrons. The number of nitrogens with zero attached hydrogens (tertiary/aromatic N) is 2. The predicted octanol–water partition coefficient (Wildman–Crippen LogP) is 5.45. The number of hydroxylamine groups is 1. The number of benzene rings is 3. The molecule has 29 heavy (non-hydrogen) atoms. The van der Waals surface area contributed by atoms with Gasteiger partial charge in [-0.05, 0) is 55.5 Å². The number of hydrogen-bond donors (Lipinski definition) is 0. The van der Waals surface area contributed by atoms with Gasteiger partial charge in [0.1, 0.15) is 0 Å². The largest absolute Gasteiger partial charge is 0.454 e. The summed E-state index contributed by atoms with van der Waals surface area (Å²) in [7, 11) is 0. The summed E-state index contributed by atoms with van der Waals surface area (Å²) in [5.74, 6) is 1.32. The maximum Gasteiger partial charge on any atom is 0.440 e. The fourth-order valence-electron chi connectivity index (χ4n) is 3.47. The molecule has 2 aliphatic rings. The number of halogens is 1.